The molecule has 0 saturated heterocycles. The summed E-state index contributed by atoms with van der Waals surface area (Å²) in [7, 11) is 0. The number of halogens is 1. The summed E-state index contributed by atoms with van der Waals surface area (Å²) in [6.45, 7) is 1.15. The monoisotopic (exact) mass is 286 g/mol. The van der Waals surface area contributed by atoms with Crippen LogP contribution in [0, 0.1) is 5.82 Å². The summed E-state index contributed by atoms with van der Waals surface area (Å²) < 4.78 is 12.9. The number of thioether (sulfide) groups is 1. The number of anilines is 1. The Morgan fingerprint density at radius 3 is 2.95 bits per heavy atom. The summed E-state index contributed by atoms with van der Waals surface area (Å²) in [4.78, 5) is 11.5. The molecule has 0 unspecified atom stereocenters. The minimum absolute atomic E-state index is 0.189. The number of benzene rings is 1. The average Bonchev–Trinajstić information content (AvgIpc) is 2.37. The Hall–Kier alpha value is -1.11. The molecule has 0 aliphatic heterocycles. The van der Waals surface area contributed by atoms with Crippen molar-refractivity contribution in [1.29, 1.82) is 0 Å². The zero-order valence-corrected chi connectivity index (χ0v) is 11.5. The van der Waals surface area contributed by atoms with Gasteiger partial charge in [0, 0.05) is 24.6 Å². The largest absolute Gasteiger partial charge is 0.396 e. The van der Waals surface area contributed by atoms with Crippen LogP contribution in [0.1, 0.15) is 6.42 Å². The standard InChI is InChI=1S/C13H19FN2O2S/c14-11-3-1-4-12(9-11)16-13(18)10-15-5-8-19-7-2-6-17/h1,3-4,9,15,17H,2,5-8,10H2,(H,16,18). The molecule has 0 aromatic heterocycles. The van der Waals surface area contributed by atoms with Gasteiger partial charge in [-0.15, -0.1) is 0 Å². The number of rotatable bonds is 9. The molecule has 1 amide bonds. The number of aliphatic hydroxyl groups is 1. The fourth-order valence-electron chi connectivity index (χ4n) is 1.39. The van der Waals surface area contributed by atoms with Gasteiger partial charge in [0.15, 0.2) is 0 Å². The van der Waals surface area contributed by atoms with Crippen molar-refractivity contribution in [3.63, 3.8) is 0 Å². The minimum atomic E-state index is -0.369. The number of hydrogen-bond acceptors (Lipinski definition) is 4. The maximum atomic E-state index is 12.9. The Morgan fingerprint density at radius 1 is 1.37 bits per heavy atom. The van der Waals surface area contributed by atoms with Crippen molar-refractivity contribution in [3.05, 3.63) is 30.1 Å². The molecule has 1 rings (SSSR count). The Bertz CT molecular complexity index is 391. The average molecular weight is 286 g/mol. The lowest BCUT2D eigenvalue weighted by molar-refractivity contribution is -0.115. The van der Waals surface area contributed by atoms with Gasteiger partial charge in [-0.2, -0.15) is 11.8 Å². The Kier molecular flexibility index (Phi) is 8.20. The summed E-state index contributed by atoms with van der Waals surface area (Å²) >= 11 is 1.73. The van der Waals surface area contributed by atoms with E-state index in [1.54, 1.807) is 23.9 Å². The van der Waals surface area contributed by atoms with Crippen LogP contribution in [-0.4, -0.2) is 42.2 Å². The van der Waals surface area contributed by atoms with Gasteiger partial charge in [0.2, 0.25) is 5.91 Å². The van der Waals surface area contributed by atoms with E-state index >= 15 is 0 Å². The first kappa shape index (κ1) is 15.9. The number of amides is 1. The number of aliphatic hydroxyl groups excluding tert-OH is 1. The van der Waals surface area contributed by atoms with Crippen molar-refractivity contribution < 1.29 is 14.3 Å². The van der Waals surface area contributed by atoms with Gasteiger partial charge in [0.05, 0.1) is 6.54 Å². The first-order valence-corrected chi connectivity index (χ1v) is 7.32. The highest BCUT2D eigenvalue weighted by molar-refractivity contribution is 7.99. The molecule has 0 atom stereocenters. The first-order chi connectivity index (χ1) is 9.22. The molecule has 0 saturated carbocycles. The van der Waals surface area contributed by atoms with E-state index in [0.717, 1.165) is 24.5 Å². The van der Waals surface area contributed by atoms with Crippen molar-refractivity contribution in [2.45, 2.75) is 6.42 Å². The molecule has 0 aliphatic carbocycles. The molecule has 106 valence electrons. The number of carbonyl (C=O) groups excluding carboxylic acids is 1. The maximum absolute atomic E-state index is 12.9. The first-order valence-electron chi connectivity index (χ1n) is 6.17. The highest BCUT2D eigenvalue weighted by Crippen LogP contribution is 2.08. The summed E-state index contributed by atoms with van der Waals surface area (Å²) in [5, 5.41) is 14.2. The summed E-state index contributed by atoms with van der Waals surface area (Å²) in [6, 6.07) is 5.81. The SMILES string of the molecule is O=C(CNCCSCCCO)Nc1cccc(F)c1. The molecule has 4 nitrogen and oxygen atoms in total. The Labute approximate surface area is 116 Å². The van der Waals surface area contributed by atoms with E-state index in [9.17, 15) is 9.18 Å². The number of nitrogens with one attached hydrogen (secondary N) is 2. The van der Waals surface area contributed by atoms with Crippen LogP contribution in [-0.2, 0) is 4.79 Å². The number of hydrogen-bond donors (Lipinski definition) is 3. The van der Waals surface area contributed by atoms with Gasteiger partial charge in [0.25, 0.3) is 0 Å². The molecule has 0 aliphatic rings. The summed E-state index contributed by atoms with van der Waals surface area (Å²) in [5.74, 6) is 1.26. The van der Waals surface area contributed by atoms with E-state index in [-0.39, 0.29) is 24.9 Å². The van der Waals surface area contributed by atoms with Crippen LogP contribution in [0.5, 0.6) is 0 Å². The van der Waals surface area contributed by atoms with E-state index in [4.69, 9.17) is 5.11 Å². The third-order valence-electron chi connectivity index (χ3n) is 2.26. The second-order valence-electron chi connectivity index (χ2n) is 3.92. The highest BCUT2D eigenvalue weighted by Gasteiger charge is 2.02. The molecule has 1 aromatic rings. The second kappa shape index (κ2) is 9.77. The van der Waals surface area contributed by atoms with Gasteiger partial charge in [0.1, 0.15) is 5.82 Å². The van der Waals surface area contributed by atoms with E-state index < -0.39 is 0 Å². The van der Waals surface area contributed by atoms with E-state index in [0.29, 0.717) is 5.69 Å². The summed E-state index contributed by atoms with van der Waals surface area (Å²) in [5.41, 5.74) is 0.462. The number of carbonyl (C=O) groups is 1. The van der Waals surface area contributed by atoms with Crippen LogP contribution >= 0.6 is 11.8 Å². The molecule has 6 heteroatoms. The van der Waals surface area contributed by atoms with Gasteiger partial charge < -0.3 is 15.7 Å². The van der Waals surface area contributed by atoms with Crippen LogP contribution in [0.4, 0.5) is 10.1 Å². The fraction of sp³-hybridized carbons (Fsp3) is 0.462. The lowest BCUT2D eigenvalue weighted by atomic mass is 10.3. The molecule has 0 spiro atoms. The highest BCUT2D eigenvalue weighted by atomic mass is 32.2. The third kappa shape index (κ3) is 7.81. The van der Waals surface area contributed by atoms with Crippen LogP contribution in [0.3, 0.4) is 0 Å². The van der Waals surface area contributed by atoms with E-state index in [1.165, 1.54) is 12.1 Å². The normalized spacial score (nSPS) is 10.4. The third-order valence-corrected chi connectivity index (χ3v) is 3.33. The lowest BCUT2D eigenvalue weighted by Gasteiger charge is -2.06. The van der Waals surface area contributed by atoms with Crippen molar-refractivity contribution in [3.8, 4) is 0 Å². The van der Waals surface area contributed by atoms with Crippen LogP contribution in [0.15, 0.2) is 24.3 Å². The fourth-order valence-corrected chi connectivity index (χ4v) is 2.21. The Morgan fingerprint density at radius 2 is 2.21 bits per heavy atom. The topological polar surface area (TPSA) is 61.4 Å². The van der Waals surface area contributed by atoms with Crippen molar-refractivity contribution in [1.82, 2.24) is 5.32 Å². The predicted molar refractivity (Wildman–Crippen MR) is 76.9 cm³/mol. The van der Waals surface area contributed by atoms with Crippen molar-refractivity contribution >= 4 is 23.4 Å². The van der Waals surface area contributed by atoms with Gasteiger partial charge in [-0.1, -0.05) is 6.07 Å². The van der Waals surface area contributed by atoms with Crippen molar-refractivity contribution in [2.75, 3.05) is 36.5 Å². The summed E-state index contributed by atoms with van der Waals surface area (Å²) in [6.07, 6.45) is 0.796. The maximum Gasteiger partial charge on any atom is 0.238 e. The van der Waals surface area contributed by atoms with Crippen LogP contribution < -0.4 is 10.6 Å². The quantitative estimate of drug-likeness (QED) is 0.602. The molecule has 1 aromatic carbocycles. The van der Waals surface area contributed by atoms with E-state index in [2.05, 4.69) is 10.6 Å². The minimum Gasteiger partial charge on any atom is -0.396 e. The van der Waals surface area contributed by atoms with Crippen LogP contribution in [0.25, 0.3) is 0 Å². The molecule has 0 fully saturated rings. The van der Waals surface area contributed by atoms with Gasteiger partial charge >= 0.3 is 0 Å². The molecule has 19 heavy (non-hydrogen) atoms. The molecular formula is C13H19FN2O2S. The van der Waals surface area contributed by atoms with Crippen LogP contribution in [0.2, 0.25) is 0 Å². The Balaban J connectivity index is 2.08. The smallest absolute Gasteiger partial charge is 0.238 e. The second-order valence-corrected chi connectivity index (χ2v) is 5.15. The van der Waals surface area contributed by atoms with Gasteiger partial charge in [-0.25, -0.2) is 4.39 Å². The molecule has 0 radical (unpaired) electrons. The molecular weight excluding hydrogens is 267 g/mol. The predicted octanol–water partition coefficient (Wildman–Crippen LogP) is 1.47. The van der Waals surface area contributed by atoms with Crippen molar-refractivity contribution in [2.24, 2.45) is 0 Å². The van der Waals surface area contributed by atoms with Gasteiger partial charge in [-0.3, -0.25) is 4.79 Å². The molecule has 0 heterocycles. The lowest BCUT2D eigenvalue weighted by Crippen LogP contribution is -2.29. The molecule has 0 bridgehead atoms. The van der Waals surface area contributed by atoms with Gasteiger partial charge in [-0.05, 0) is 30.4 Å². The molecule has 3 N–H and O–H groups in total. The van der Waals surface area contributed by atoms with E-state index in [1.807, 2.05) is 0 Å². The zero-order chi connectivity index (χ0) is 13.9. The zero-order valence-electron chi connectivity index (χ0n) is 10.7.